The predicted octanol–water partition coefficient (Wildman–Crippen LogP) is 4.20. The monoisotopic (exact) mass is 370 g/mol. The number of carbonyl (C=O) groups excluding carboxylic acids is 1. The lowest BCUT2D eigenvalue weighted by Crippen LogP contribution is -2.14. The van der Waals surface area contributed by atoms with Crippen LogP contribution in [0.1, 0.15) is 15.9 Å². The Morgan fingerprint density at radius 2 is 1.96 bits per heavy atom. The van der Waals surface area contributed by atoms with Crippen molar-refractivity contribution >= 4 is 11.6 Å². The van der Waals surface area contributed by atoms with Crippen molar-refractivity contribution in [1.29, 1.82) is 0 Å². The minimum Gasteiger partial charge on any atom is -0.493 e. The number of nitrogens with one attached hydrogen (secondary N) is 1. The van der Waals surface area contributed by atoms with E-state index in [1.165, 1.54) is 7.11 Å². The first-order valence-electron chi connectivity index (χ1n) is 8.03. The van der Waals surface area contributed by atoms with Gasteiger partial charge < -0.3 is 14.8 Å². The number of hydrogen-bond donors (Lipinski definition) is 1. The fraction of sp³-hybridized carbons (Fsp3) is 0.100. The summed E-state index contributed by atoms with van der Waals surface area (Å²) in [5.41, 5.74) is 0.824. The first kappa shape index (κ1) is 18.3. The van der Waals surface area contributed by atoms with Crippen LogP contribution in [0.4, 0.5) is 14.5 Å². The molecular weight excluding hydrogens is 354 g/mol. The maximum absolute atomic E-state index is 13.8. The van der Waals surface area contributed by atoms with Crippen LogP contribution < -0.4 is 14.8 Å². The Bertz CT molecular complexity index is 949. The van der Waals surface area contributed by atoms with Crippen molar-refractivity contribution < 1.29 is 23.0 Å². The van der Waals surface area contributed by atoms with Crippen LogP contribution in [-0.4, -0.2) is 18.0 Å². The van der Waals surface area contributed by atoms with Crippen molar-refractivity contribution in [3.8, 4) is 11.5 Å². The number of methoxy groups -OCH3 is 1. The molecule has 0 aliphatic heterocycles. The van der Waals surface area contributed by atoms with Crippen LogP contribution in [0.15, 0.2) is 60.9 Å². The standard InChI is InChI=1S/C20H16F2N2O3/c1-26-18-7-5-15(10-19(18)27-12-13-3-2-8-23-11-13)24-20(25)16-9-14(21)4-6-17(16)22/h2-11H,12H2,1H3,(H,24,25). The summed E-state index contributed by atoms with van der Waals surface area (Å²) in [5, 5.41) is 2.52. The second kappa shape index (κ2) is 8.27. The topological polar surface area (TPSA) is 60.5 Å². The summed E-state index contributed by atoms with van der Waals surface area (Å²) < 4.78 is 38.0. The van der Waals surface area contributed by atoms with Crippen LogP contribution in [0.3, 0.4) is 0 Å². The second-order valence-corrected chi connectivity index (χ2v) is 5.59. The Balaban J connectivity index is 1.78. The zero-order valence-corrected chi connectivity index (χ0v) is 14.4. The summed E-state index contributed by atoms with van der Waals surface area (Å²) in [6, 6.07) is 11.1. The number of rotatable bonds is 6. The van der Waals surface area contributed by atoms with E-state index < -0.39 is 17.5 Å². The molecule has 0 aliphatic carbocycles. The van der Waals surface area contributed by atoms with E-state index in [1.807, 2.05) is 6.07 Å². The Morgan fingerprint density at radius 3 is 2.70 bits per heavy atom. The Morgan fingerprint density at radius 1 is 1.11 bits per heavy atom. The lowest BCUT2D eigenvalue weighted by atomic mass is 10.2. The predicted molar refractivity (Wildman–Crippen MR) is 95.9 cm³/mol. The number of nitrogens with zero attached hydrogens (tertiary/aromatic N) is 1. The zero-order chi connectivity index (χ0) is 19.2. The third-order valence-electron chi connectivity index (χ3n) is 3.71. The van der Waals surface area contributed by atoms with E-state index in [4.69, 9.17) is 9.47 Å². The number of pyridine rings is 1. The van der Waals surface area contributed by atoms with E-state index in [1.54, 1.807) is 36.7 Å². The lowest BCUT2D eigenvalue weighted by Gasteiger charge is -2.13. The summed E-state index contributed by atoms with van der Waals surface area (Å²) in [7, 11) is 1.49. The molecule has 1 N–H and O–H groups in total. The van der Waals surface area contributed by atoms with Gasteiger partial charge in [0.15, 0.2) is 11.5 Å². The smallest absolute Gasteiger partial charge is 0.258 e. The Hall–Kier alpha value is -3.48. The van der Waals surface area contributed by atoms with Gasteiger partial charge in [-0.2, -0.15) is 0 Å². The summed E-state index contributed by atoms with van der Waals surface area (Å²) in [6.45, 7) is 0.250. The molecule has 0 aliphatic rings. The van der Waals surface area contributed by atoms with Crippen molar-refractivity contribution in [3.05, 3.63) is 83.7 Å². The molecule has 1 aromatic heterocycles. The maximum Gasteiger partial charge on any atom is 0.258 e. The maximum atomic E-state index is 13.8. The van der Waals surface area contributed by atoms with E-state index >= 15 is 0 Å². The quantitative estimate of drug-likeness (QED) is 0.707. The normalized spacial score (nSPS) is 10.3. The minimum absolute atomic E-state index is 0.250. The SMILES string of the molecule is COc1ccc(NC(=O)c2cc(F)ccc2F)cc1OCc1cccnc1. The molecular formula is C20H16F2N2O3. The average molecular weight is 370 g/mol. The summed E-state index contributed by atoms with van der Waals surface area (Å²) in [4.78, 5) is 16.2. The zero-order valence-electron chi connectivity index (χ0n) is 14.4. The highest BCUT2D eigenvalue weighted by molar-refractivity contribution is 6.04. The molecule has 0 bridgehead atoms. The van der Waals surface area contributed by atoms with Crippen molar-refractivity contribution in [2.45, 2.75) is 6.61 Å². The molecule has 0 spiro atoms. The number of halogens is 2. The summed E-state index contributed by atoms with van der Waals surface area (Å²) in [6.07, 6.45) is 3.33. The number of hydrogen-bond acceptors (Lipinski definition) is 4. The van der Waals surface area contributed by atoms with Gasteiger partial charge >= 0.3 is 0 Å². The fourth-order valence-corrected chi connectivity index (χ4v) is 2.38. The first-order valence-corrected chi connectivity index (χ1v) is 8.03. The summed E-state index contributed by atoms with van der Waals surface area (Å²) in [5.74, 6) is -1.42. The van der Waals surface area contributed by atoms with Crippen LogP contribution in [0.5, 0.6) is 11.5 Å². The number of carbonyl (C=O) groups is 1. The first-order chi connectivity index (χ1) is 13.1. The molecule has 0 atom stereocenters. The molecule has 2 aromatic carbocycles. The fourth-order valence-electron chi connectivity index (χ4n) is 2.38. The van der Waals surface area contributed by atoms with Gasteiger partial charge in [0.2, 0.25) is 0 Å². The molecule has 7 heteroatoms. The highest BCUT2D eigenvalue weighted by atomic mass is 19.1. The van der Waals surface area contributed by atoms with Gasteiger partial charge in [0.1, 0.15) is 18.2 Å². The molecule has 27 heavy (non-hydrogen) atoms. The third kappa shape index (κ3) is 4.58. The molecule has 5 nitrogen and oxygen atoms in total. The number of amides is 1. The van der Waals surface area contributed by atoms with E-state index in [-0.39, 0.29) is 12.2 Å². The molecule has 1 heterocycles. The molecule has 1 amide bonds. The van der Waals surface area contributed by atoms with Crippen LogP contribution in [0.25, 0.3) is 0 Å². The largest absolute Gasteiger partial charge is 0.493 e. The molecule has 0 saturated carbocycles. The molecule has 0 radical (unpaired) electrons. The van der Waals surface area contributed by atoms with E-state index in [0.29, 0.717) is 17.2 Å². The molecule has 3 aromatic rings. The van der Waals surface area contributed by atoms with Gasteiger partial charge in [-0.3, -0.25) is 9.78 Å². The second-order valence-electron chi connectivity index (χ2n) is 5.59. The number of anilines is 1. The van der Waals surface area contributed by atoms with Crippen molar-refractivity contribution in [1.82, 2.24) is 4.98 Å². The molecule has 138 valence electrons. The van der Waals surface area contributed by atoms with E-state index in [0.717, 1.165) is 23.8 Å². The van der Waals surface area contributed by atoms with Gasteiger partial charge in [-0.15, -0.1) is 0 Å². The van der Waals surface area contributed by atoms with E-state index in [2.05, 4.69) is 10.3 Å². The molecule has 0 unspecified atom stereocenters. The van der Waals surface area contributed by atoms with Crippen molar-refractivity contribution in [3.63, 3.8) is 0 Å². The Kier molecular flexibility index (Phi) is 5.61. The van der Waals surface area contributed by atoms with Gasteiger partial charge in [0.25, 0.3) is 5.91 Å². The molecule has 0 fully saturated rings. The number of benzene rings is 2. The van der Waals surface area contributed by atoms with E-state index in [9.17, 15) is 13.6 Å². The highest BCUT2D eigenvalue weighted by Crippen LogP contribution is 2.31. The Labute approximate surface area is 154 Å². The molecule has 0 saturated heterocycles. The van der Waals surface area contributed by atoms with Crippen LogP contribution in [0.2, 0.25) is 0 Å². The average Bonchev–Trinajstić information content (AvgIpc) is 2.69. The van der Waals surface area contributed by atoms with Gasteiger partial charge in [0, 0.05) is 29.7 Å². The lowest BCUT2D eigenvalue weighted by molar-refractivity contribution is 0.102. The van der Waals surface area contributed by atoms with Crippen molar-refractivity contribution in [2.24, 2.45) is 0 Å². The highest BCUT2D eigenvalue weighted by Gasteiger charge is 2.14. The van der Waals surface area contributed by atoms with Crippen LogP contribution in [0, 0.1) is 11.6 Å². The minimum atomic E-state index is -0.810. The molecule has 3 rings (SSSR count). The number of aromatic nitrogens is 1. The van der Waals surface area contributed by atoms with Gasteiger partial charge in [-0.25, -0.2) is 8.78 Å². The van der Waals surface area contributed by atoms with Gasteiger partial charge in [-0.05, 0) is 36.4 Å². The van der Waals surface area contributed by atoms with Crippen LogP contribution in [-0.2, 0) is 6.61 Å². The third-order valence-corrected chi connectivity index (χ3v) is 3.71. The number of ether oxygens (including phenoxy) is 2. The summed E-state index contributed by atoms with van der Waals surface area (Å²) >= 11 is 0. The van der Waals surface area contributed by atoms with Gasteiger partial charge in [-0.1, -0.05) is 6.07 Å². The van der Waals surface area contributed by atoms with Crippen LogP contribution >= 0.6 is 0 Å². The van der Waals surface area contributed by atoms with Crippen molar-refractivity contribution in [2.75, 3.05) is 12.4 Å². The van der Waals surface area contributed by atoms with Gasteiger partial charge in [0.05, 0.1) is 12.7 Å².